The number of nitrogens with zero attached hydrogens (tertiary/aromatic N) is 1. The van der Waals surface area contributed by atoms with Crippen molar-refractivity contribution in [1.82, 2.24) is 4.90 Å². The standard InChI is InChI=1S/C12H14BrNOS2/c1-12(2,7-13)14(3)11(15)10-6-9-8(17-10)4-5-16-9/h4-6H,7H2,1-3H3. The van der Waals surface area contributed by atoms with Gasteiger partial charge in [-0.2, -0.15) is 0 Å². The van der Waals surface area contributed by atoms with Crippen LogP contribution < -0.4 is 0 Å². The summed E-state index contributed by atoms with van der Waals surface area (Å²) < 4.78 is 2.40. The van der Waals surface area contributed by atoms with Crippen LogP contribution in [0.4, 0.5) is 0 Å². The number of amides is 1. The van der Waals surface area contributed by atoms with E-state index in [1.807, 2.05) is 13.1 Å². The third-order valence-corrected chi connectivity index (χ3v) is 6.34. The highest BCUT2D eigenvalue weighted by atomic mass is 79.9. The highest BCUT2D eigenvalue weighted by molar-refractivity contribution is 9.09. The molecular weight excluding hydrogens is 318 g/mol. The fourth-order valence-electron chi connectivity index (χ4n) is 1.40. The third-order valence-electron chi connectivity index (χ3n) is 2.89. The van der Waals surface area contributed by atoms with E-state index in [2.05, 4.69) is 41.2 Å². The molecular formula is C12H14BrNOS2. The molecule has 2 aromatic rings. The number of alkyl halides is 1. The van der Waals surface area contributed by atoms with E-state index in [1.165, 1.54) is 9.40 Å². The molecule has 5 heteroatoms. The van der Waals surface area contributed by atoms with Crippen LogP contribution in [0.2, 0.25) is 0 Å². The maximum absolute atomic E-state index is 12.3. The molecule has 0 aliphatic heterocycles. The molecule has 0 N–H and O–H groups in total. The predicted molar refractivity (Wildman–Crippen MR) is 79.7 cm³/mol. The first-order valence-corrected chi connectivity index (χ1v) is 8.08. The molecule has 92 valence electrons. The Labute approximate surface area is 117 Å². The Morgan fingerprint density at radius 3 is 2.76 bits per heavy atom. The minimum absolute atomic E-state index is 0.0999. The number of hydrogen-bond donors (Lipinski definition) is 0. The molecule has 2 rings (SSSR count). The summed E-state index contributed by atoms with van der Waals surface area (Å²) in [4.78, 5) is 15.0. The first-order valence-electron chi connectivity index (χ1n) is 5.27. The maximum Gasteiger partial charge on any atom is 0.264 e. The van der Waals surface area contributed by atoms with Crippen molar-refractivity contribution >= 4 is 53.9 Å². The van der Waals surface area contributed by atoms with Crippen LogP contribution in [0.1, 0.15) is 23.5 Å². The van der Waals surface area contributed by atoms with Gasteiger partial charge in [0.2, 0.25) is 0 Å². The highest BCUT2D eigenvalue weighted by Gasteiger charge is 2.28. The topological polar surface area (TPSA) is 20.3 Å². The van der Waals surface area contributed by atoms with E-state index >= 15 is 0 Å². The van der Waals surface area contributed by atoms with Gasteiger partial charge in [0.15, 0.2) is 0 Å². The molecule has 0 fully saturated rings. The third kappa shape index (κ3) is 2.41. The quantitative estimate of drug-likeness (QED) is 0.771. The van der Waals surface area contributed by atoms with Gasteiger partial charge < -0.3 is 4.90 Å². The van der Waals surface area contributed by atoms with Crippen molar-refractivity contribution in [1.29, 1.82) is 0 Å². The Morgan fingerprint density at radius 2 is 2.18 bits per heavy atom. The van der Waals surface area contributed by atoms with Crippen LogP contribution >= 0.6 is 38.6 Å². The Hall–Kier alpha value is -0.390. The van der Waals surface area contributed by atoms with Crippen molar-refractivity contribution in [3.8, 4) is 0 Å². The van der Waals surface area contributed by atoms with E-state index in [9.17, 15) is 4.79 Å². The number of carbonyl (C=O) groups is 1. The van der Waals surface area contributed by atoms with Gasteiger partial charge in [-0.1, -0.05) is 15.9 Å². The fraction of sp³-hybridized carbons (Fsp3) is 0.417. The molecule has 0 aliphatic rings. The smallest absolute Gasteiger partial charge is 0.264 e. The van der Waals surface area contributed by atoms with Crippen LogP contribution in [-0.2, 0) is 0 Å². The van der Waals surface area contributed by atoms with Crippen LogP contribution in [-0.4, -0.2) is 28.7 Å². The van der Waals surface area contributed by atoms with Crippen molar-refractivity contribution in [2.45, 2.75) is 19.4 Å². The molecule has 0 radical (unpaired) electrons. The maximum atomic E-state index is 12.3. The zero-order chi connectivity index (χ0) is 12.6. The molecule has 2 aromatic heterocycles. The van der Waals surface area contributed by atoms with E-state index in [4.69, 9.17) is 0 Å². The number of carbonyl (C=O) groups excluding carboxylic acids is 1. The average Bonchev–Trinajstić information content (AvgIpc) is 2.86. The second kappa shape index (κ2) is 4.71. The lowest BCUT2D eigenvalue weighted by molar-refractivity contribution is 0.0669. The second-order valence-electron chi connectivity index (χ2n) is 4.57. The lowest BCUT2D eigenvalue weighted by atomic mass is 10.1. The zero-order valence-electron chi connectivity index (χ0n) is 9.99. The van der Waals surface area contributed by atoms with E-state index in [0.717, 1.165) is 10.2 Å². The van der Waals surface area contributed by atoms with Crippen molar-refractivity contribution in [3.05, 3.63) is 22.4 Å². The van der Waals surface area contributed by atoms with Gasteiger partial charge in [-0.3, -0.25) is 4.79 Å². The van der Waals surface area contributed by atoms with E-state index in [-0.39, 0.29) is 11.4 Å². The number of hydrogen-bond acceptors (Lipinski definition) is 3. The first kappa shape index (κ1) is 13.1. The van der Waals surface area contributed by atoms with Gasteiger partial charge in [-0.05, 0) is 31.4 Å². The number of thiophene rings is 2. The number of rotatable bonds is 3. The molecule has 0 aromatic carbocycles. The number of halogens is 1. The first-order chi connectivity index (χ1) is 7.95. The van der Waals surface area contributed by atoms with Gasteiger partial charge in [-0.25, -0.2) is 0 Å². The summed E-state index contributed by atoms with van der Waals surface area (Å²) in [6.07, 6.45) is 0. The van der Waals surface area contributed by atoms with Crippen LogP contribution in [0.5, 0.6) is 0 Å². The SMILES string of the molecule is CN(C(=O)c1cc2sccc2s1)C(C)(C)CBr. The molecule has 0 bridgehead atoms. The summed E-state index contributed by atoms with van der Waals surface area (Å²) in [5, 5.41) is 2.82. The van der Waals surface area contributed by atoms with Crippen LogP contribution in [0.25, 0.3) is 9.40 Å². The predicted octanol–water partition coefficient (Wildman–Crippen LogP) is 4.21. The summed E-state index contributed by atoms with van der Waals surface area (Å²) >= 11 is 6.70. The molecule has 0 aliphatic carbocycles. The molecule has 0 atom stereocenters. The van der Waals surface area contributed by atoms with Crippen molar-refractivity contribution in [3.63, 3.8) is 0 Å². The van der Waals surface area contributed by atoms with E-state index < -0.39 is 0 Å². The summed E-state index contributed by atoms with van der Waals surface area (Å²) in [6.45, 7) is 4.10. The lowest BCUT2D eigenvalue weighted by Gasteiger charge is -2.33. The molecule has 2 heterocycles. The van der Waals surface area contributed by atoms with Crippen LogP contribution in [0, 0.1) is 0 Å². The van der Waals surface area contributed by atoms with Gasteiger partial charge >= 0.3 is 0 Å². The molecule has 17 heavy (non-hydrogen) atoms. The Morgan fingerprint density at radius 1 is 1.47 bits per heavy atom. The Kier molecular flexibility index (Phi) is 3.61. The monoisotopic (exact) mass is 331 g/mol. The normalized spacial score (nSPS) is 12.0. The Bertz CT molecular complexity index is 515. The minimum atomic E-state index is -0.172. The van der Waals surface area contributed by atoms with Gasteiger partial charge in [0.05, 0.1) is 4.88 Å². The van der Waals surface area contributed by atoms with Crippen molar-refractivity contribution in [2.75, 3.05) is 12.4 Å². The second-order valence-corrected chi connectivity index (χ2v) is 7.16. The van der Waals surface area contributed by atoms with Gasteiger partial charge in [0.25, 0.3) is 5.91 Å². The summed E-state index contributed by atoms with van der Waals surface area (Å²) in [7, 11) is 1.86. The summed E-state index contributed by atoms with van der Waals surface area (Å²) in [5.74, 6) is 0.0999. The highest BCUT2D eigenvalue weighted by Crippen LogP contribution is 2.31. The summed E-state index contributed by atoms with van der Waals surface area (Å²) in [6, 6.07) is 4.06. The van der Waals surface area contributed by atoms with Gasteiger partial charge in [0, 0.05) is 27.3 Å². The van der Waals surface area contributed by atoms with E-state index in [1.54, 1.807) is 27.6 Å². The fourth-order valence-corrected chi connectivity index (χ4v) is 3.86. The lowest BCUT2D eigenvalue weighted by Crippen LogP contribution is -2.46. The zero-order valence-corrected chi connectivity index (χ0v) is 13.2. The molecule has 0 spiro atoms. The van der Waals surface area contributed by atoms with Crippen LogP contribution in [0.3, 0.4) is 0 Å². The van der Waals surface area contributed by atoms with Crippen LogP contribution in [0.15, 0.2) is 17.5 Å². The molecule has 1 amide bonds. The molecule has 0 saturated carbocycles. The van der Waals surface area contributed by atoms with Crippen molar-refractivity contribution in [2.24, 2.45) is 0 Å². The summed E-state index contributed by atoms with van der Waals surface area (Å²) in [5.41, 5.74) is -0.172. The van der Waals surface area contributed by atoms with Gasteiger partial charge in [-0.15, -0.1) is 22.7 Å². The minimum Gasteiger partial charge on any atom is -0.335 e. The van der Waals surface area contributed by atoms with Gasteiger partial charge in [0.1, 0.15) is 0 Å². The largest absolute Gasteiger partial charge is 0.335 e. The average molecular weight is 332 g/mol. The Balaban J connectivity index is 2.29. The molecule has 0 saturated heterocycles. The van der Waals surface area contributed by atoms with E-state index in [0.29, 0.717) is 0 Å². The van der Waals surface area contributed by atoms with Crippen molar-refractivity contribution < 1.29 is 4.79 Å². The molecule has 2 nitrogen and oxygen atoms in total. The molecule has 0 unspecified atom stereocenters. The number of fused-ring (bicyclic) bond motifs is 1.